The Morgan fingerprint density at radius 3 is 2.46 bits per heavy atom. The van der Waals surface area contributed by atoms with Crippen molar-refractivity contribution < 1.29 is 28.1 Å². The number of imide groups is 1. The average molecular weight is 978 g/mol. The first-order valence-corrected chi connectivity index (χ1v) is 25.5. The first kappa shape index (κ1) is 49.0. The third-order valence-electron chi connectivity index (χ3n) is 16.2. The van der Waals surface area contributed by atoms with Gasteiger partial charge in [-0.15, -0.1) is 4.58 Å². The number of carbonyl (C=O) groups is 4. The highest BCUT2D eigenvalue weighted by Crippen LogP contribution is 2.42. The number of benzene rings is 2. The van der Waals surface area contributed by atoms with Gasteiger partial charge in [0.25, 0.3) is 17.2 Å². The Bertz CT molecular complexity index is 3140. The van der Waals surface area contributed by atoms with Gasteiger partial charge in [-0.2, -0.15) is 0 Å². The summed E-state index contributed by atoms with van der Waals surface area (Å²) in [6.07, 6.45) is 8.52. The van der Waals surface area contributed by atoms with Gasteiger partial charge in [-0.1, -0.05) is 12.1 Å². The predicted octanol–water partition coefficient (Wildman–Crippen LogP) is 6.46. The zero-order valence-electron chi connectivity index (χ0n) is 42.6. The van der Waals surface area contributed by atoms with Crippen LogP contribution < -0.4 is 16.2 Å². The van der Waals surface area contributed by atoms with Crippen molar-refractivity contribution in [2.75, 3.05) is 64.7 Å². The molecular formula is C56H66FN10O5+. The highest BCUT2D eigenvalue weighted by Gasteiger charge is 2.53. The Labute approximate surface area is 420 Å². The normalized spacial score (nSPS) is 21.8. The zero-order valence-corrected chi connectivity index (χ0v) is 42.6. The van der Waals surface area contributed by atoms with Crippen molar-refractivity contribution in [1.82, 2.24) is 39.0 Å². The number of amides is 4. The average Bonchev–Trinajstić information content (AvgIpc) is 3.80. The van der Waals surface area contributed by atoms with Crippen LogP contribution in [0.25, 0.3) is 22.3 Å². The quantitative estimate of drug-likeness (QED) is 0.118. The molecule has 0 unspecified atom stereocenters. The molecule has 8 heterocycles. The summed E-state index contributed by atoms with van der Waals surface area (Å²) in [6, 6.07) is 17.2. The predicted molar refractivity (Wildman–Crippen MR) is 276 cm³/mol. The van der Waals surface area contributed by atoms with Crippen molar-refractivity contribution >= 4 is 57.3 Å². The maximum absolute atomic E-state index is 16.2. The number of piperazine rings is 1. The monoisotopic (exact) mass is 978 g/mol. The molecule has 3 fully saturated rings. The van der Waals surface area contributed by atoms with Crippen LogP contribution in [0.15, 0.2) is 77.9 Å². The number of hydrogen-bond donors (Lipinski definition) is 2. The first-order valence-electron chi connectivity index (χ1n) is 25.5. The van der Waals surface area contributed by atoms with Gasteiger partial charge in [0.15, 0.2) is 0 Å². The minimum Gasteiger partial charge on any atom is -0.388 e. The van der Waals surface area contributed by atoms with E-state index in [-0.39, 0.29) is 48.0 Å². The molecule has 3 saturated heterocycles. The second-order valence-corrected chi connectivity index (χ2v) is 21.1. The second-order valence-electron chi connectivity index (χ2n) is 21.1. The fraction of sp³-hybridized carbons (Fsp3) is 0.446. The lowest BCUT2D eigenvalue weighted by atomic mass is 9.85. The largest absolute Gasteiger partial charge is 0.403 e. The van der Waals surface area contributed by atoms with Crippen molar-refractivity contribution in [3.05, 3.63) is 123 Å². The van der Waals surface area contributed by atoms with Crippen molar-refractivity contribution in [2.24, 2.45) is 13.0 Å². The minimum atomic E-state index is -0.803. The van der Waals surface area contributed by atoms with Crippen molar-refractivity contribution in [3.63, 3.8) is 0 Å². The number of rotatable bonds is 10. The van der Waals surface area contributed by atoms with Crippen LogP contribution in [0.3, 0.4) is 0 Å². The number of anilines is 1. The van der Waals surface area contributed by atoms with Gasteiger partial charge in [-0.05, 0) is 113 Å². The van der Waals surface area contributed by atoms with E-state index in [1.54, 1.807) is 30.1 Å². The van der Waals surface area contributed by atoms with E-state index in [0.29, 0.717) is 60.5 Å². The van der Waals surface area contributed by atoms with E-state index in [1.165, 1.54) is 10.6 Å². The molecular weight excluding hydrogens is 912 g/mol. The Morgan fingerprint density at radius 2 is 1.76 bits per heavy atom. The maximum Gasteiger partial charge on any atom is 0.403 e. The Balaban J connectivity index is 0.721. The van der Waals surface area contributed by atoms with Gasteiger partial charge in [0.05, 0.1) is 5.69 Å². The number of aryl methyl sites for hydroxylation is 2. The fourth-order valence-corrected chi connectivity index (χ4v) is 11.9. The van der Waals surface area contributed by atoms with Gasteiger partial charge in [-0.25, -0.2) is 14.2 Å². The van der Waals surface area contributed by atoms with E-state index < -0.39 is 11.3 Å². The number of fused-ring (bicyclic) bond motifs is 2. The zero-order chi connectivity index (χ0) is 50.7. The van der Waals surface area contributed by atoms with E-state index >= 15 is 4.39 Å². The summed E-state index contributed by atoms with van der Waals surface area (Å²) in [4.78, 5) is 79.1. The number of hydrogen-bond acceptors (Lipinski definition) is 10. The van der Waals surface area contributed by atoms with Crippen LogP contribution in [0.2, 0.25) is 0 Å². The third-order valence-corrected chi connectivity index (χ3v) is 16.2. The molecule has 5 aliphatic rings. The summed E-state index contributed by atoms with van der Waals surface area (Å²) < 4.78 is 21.4. The molecule has 5 aliphatic heterocycles. The Morgan fingerprint density at radius 1 is 0.972 bits per heavy atom. The number of piperidine rings is 2. The van der Waals surface area contributed by atoms with Crippen molar-refractivity contribution in [3.8, 4) is 5.69 Å². The molecule has 0 radical (unpaired) electrons. The van der Waals surface area contributed by atoms with Gasteiger partial charge in [0.1, 0.15) is 16.9 Å². The van der Waals surface area contributed by atoms with Crippen molar-refractivity contribution in [2.45, 2.75) is 90.8 Å². The Kier molecular flexibility index (Phi) is 13.2. The summed E-state index contributed by atoms with van der Waals surface area (Å²) >= 11 is 0. The molecule has 5 aromatic rings. The molecule has 10 rings (SSSR count). The fourth-order valence-electron chi connectivity index (χ4n) is 11.9. The lowest BCUT2D eigenvalue weighted by Gasteiger charge is -2.42. The van der Waals surface area contributed by atoms with E-state index in [2.05, 4.69) is 66.9 Å². The summed E-state index contributed by atoms with van der Waals surface area (Å²) in [5, 5.41) is 6.29. The van der Waals surface area contributed by atoms with Gasteiger partial charge in [0, 0.05) is 156 Å². The number of nitrogens with one attached hydrogen (secondary N) is 2. The van der Waals surface area contributed by atoms with E-state index in [9.17, 15) is 24.0 Å². The summed E-state index contributed by atoms with van der Waals surface area (Å²) in [5.74, 6) is -0.977. The lowest BCUT2D eigenvalue weighted by Crippen LogP contribution is -2.53. The molecule has 2 N–H and O–H groups in total. The summed E-state index contributed by atoms with van der Waals surface area (Å²) in [5.41, 5.74) is 8.24. The number of carbonyl (C=O) groups excluding carboxylic acids is 4. The van der Waals surface area contributed by atoms with Crippen LogP contribution in [0, 0.1) is 18.7 Å². The molecule has 16 heteroatoms. The maximum atomic E-state index is 16.2. The molecule has 72 heavy (non-hydrogen) atoms. The molecule has 0 aliphatic carbocycles. The van der Waals surface area contributed by atoms with Crippen LogP contribution in [0.4, 0.5) is 15.8 Å². The highest BCUT2D eigenvalue weighted by molar-refractivity contribution is 6.42. The summed E-state index contributed by atoms with van der Waals surface area (Å²) in [6.45, 7) is 17.3. The smallest absolute Gasteiger partial charge is 0.388 e. The number of halogens is 1. The lowest BCUT2D eigenvalue weighted by molar-refractivity contribution is -0.364. The molecule has 0 bridgehead atoms. The number of pyridine rings is 2. The number of aromatic nitrogens is 3. The molecule has 4 amide bonds. The second kappa shape index (κ2) is 19.4. The standard InChI is InChI=1S/C56H65FN10O5/c1-34-26-40(28-44(57)51(34)39-15-21-63(22-16-39)36(3)48-30-42-45(12-18-59-52(42)61(48)7)66-23-17-41(58-6)29-50(66)69)54(71)64-19-13-37(14-20-64)33-65-25-24-62(31-35(65)2)32-38-8-9-46-43(27-38)56(4,5)55(72)67(46)47-10-11-49(68)60-53(47)70/h8-9,12,15,17-18,23,26-30,35-37H,10-11,13-14,16,19-22,24-25,31-33H2,1-7H3,(H-,58,60,68,69,70)/p+1/t35-,36-/m0/s1. The van der Waals surface area contributed by atoms with Crippen LogP contribution in [0.5, 0.6) is 0 Å². The van der Waals surface area contributed by atoms with Crippen LogP contribution >= 0.6 is 0 Å². The van der Waals surface area contributed by atoms with Gasteiger partial charge in [-0.3, -0.25) is 43.8 Å². The van der Waals surface area contributed by atoms with Crippen LogP contribution in [-0.2, 0) is 33.4 Å². The van der Waals surface area contributed by atoms with E-state index in [1.807, 2.05) is 63.1 Å². The molecule has 2 atom stereocenters. The molecule has 15 nitrogen and oxygen atoms in total. The molecule has 2 aromatic carbocycles. The number of likely N-dealkylation sites (tertiary alicyclic amines) is 1. The number of nitrogens with zero attached hydrogens (tertiary/aromatic N) is 8. The van der Waals surface area contributed by atoms with Crippen LogP contribution in [0.1, 0.15) is 104 Å². The topological polar surface area (TPSA) is 148 Å². The molecule has 0 saturated carbocycles. The van der Waals surface area contributed by atoms with Gasteiger partial charge < -0.3 is 14.8 Å². The minimum absolute atomic E-state index is 0.0297. The third kappa shape index (κ3) is 9.02. The van der Waals surface area contributed by atoms with Gasteiger partial charge >= 0.3 is 11.8 Å². The highest BCUT2D eigenvalue weighted by atomic mass is 19.1. The molecule has 0 spiro atoms. The first-order chi connectivity index (χ1) is 34.5. The SMILES string of the molecule is CNc1ccn(-c2ccnc3c2cc([C@H](C)N2CC=C(c4c(C)cc(C(=O)N5CCC(CN6CCN(Cc7ccc8c(c7)C(C)(C)C(=O)[N+]8=C7CCC(=O)NC7=O)C[C@@H]6C)CC5)cc4F)CC2)n3C)c(=O)c1. The summed E-state index contributed by atoms with van der Waals surface area (Å²) in [7, 11) is 3.79. The molecule has 3 aromatic heterocycles. The van der Waals surface area contributed by atoms with Crippen molar-refractivity contribution in [1.29, 1.82) is 0 Å². The van der Waals surface area contributed by atoms with E-state index in [4.69, 9.17) is 0 Å². The Hall–Kier alpha value is -6.62. The van der Waals surface area contributed by atoms with Crippen LogP contribution in [-0.4, -0.2) is 133 Å². The molecule has 376 valence electrons. The van der Waals surface area contributed by atoms with Gasteiger partial charge in [0.2, 0.25) is 11.6 Å². The van der Waals surface area contributed by atoms with E-state index in [0.717, 1.165) is 102 Å².